The van der Waals surface area contributed by atoms with E-state index in [1.165, 1.54) is 6.07 Å². The summed E-state index contributed by atoms with van der Waals surface area (Å²) in [5.41, 5.74) is 1.02. The van der Waals surface area contributed by atoms with E-state index in [1.54, 1.807) is 13.0 Å². The Morgan fingerprint density at radius 3 is 2.32 bits per heavy atom. The summed E-state index contributed by atoms with van der Waals surface area (Å²) < 4.78 is 44.2. The number of hydrogen-bond donors (Lipinski definition) is 0. The minimum absolute atomic E-state index is 0.187. The lowest BCUT2D eigenvalue weighted by Gasteiger charge is -2.37. The predicted molar refractivity (Wildman–Crippen MR) is 77.4 cm³/mol. The molecule has 2 fully saturated rings. The first-order chi connectivity index (χ1) is 10.5. The lowest BCUT2D eigenvalue weighted by molar-refractivity contribution is -0.239. The first-order valence-electron chi connectivity index (χ1n) is 7.85. The second-order valence-electron chi connectivity index (χ2n) is 6.43. The lowest BCUT2D eigenvalue weighted by atomic mass is 9.93. The lowest BCUT2D eigenvalue weighted by Crippen LogP contribution is -2.39. The van der Waals surface area contributed by atoms with Crippen LogP contribution < -0.4 is 0 Å². The summed E-state index contributed by atoms with van der Waals surface area (Å²) in [4.78, 5) is 0. The van der Waals surface area contributed by atoms with E-state index in [4.69, 9.17) is 14.2 Å². The molecule has 22 heavy (non-hydrogen) atoms. The van der Waals surface area contributed by atoms with Gasteiger partial charge in [0, 0.05) is 11.8 Å². The Hall–Kier alpha value is -1.04. The second kappa shape index (κ2) is 6.60. The summed E-state index contributed by atoms with van der Waals surface area (Å²) >= 11 is 0. The van der Waals surface area contributed by atoms with E-state index < -0.39 is 11.6 Å². The Morgan fingerprint density at radius 2 is 1.73 bits per heavy atom. The van der Waals surface area contributed by atoms with E-state index in [0.717, 1.165) is 12.8 Å². The fraction of sp³-hybridized carbons (Fsp3) is 0.647. The molecule has 0 amide bonds. The van der Waals surface area contributed by atoms with Gasteiger partial charge in [-0.05, 0) is 37.0 Å². The van der Waals surface area contributed by atoms with Gasteiger partial charge in [0.15, 0.2) is 17.9 Å². The molecule has 0 aromatic heterocycles. The summed E-state index contributed by atoms with van der Waals surface area (Å²) in [6.07, 6.45) is 1.26. The number of halogens is 2. The fourth-order valence-electron chi connectivity index (χ4n) is 3.07. The Kier molecular flexibility index (Phi) is 4.76. The van der Waals surface area contributed by atoms with Gasteiger partial charge >= 0.3 is 0 Å². The minimum atomic E-state index is -0.811. The maximum atomic E-state index is 13.5. The van der Waals surface area contributed by atoms with Crippen LogP contribution in [0.3, 0.4) is 0 Å². The molecule has 2 saturated heterocycles. The molecule has 0 N–H and O–H groups in total. The van der Waals surface area contributed by atoms with Crippen LogP contribution in [0.5, 0.6) is 0 Å². The number of rotatable bonds is 2. The smallest absolute Gasteiger partial charge is 0.162 e. The zero-order valence-corrected chi connectivity index (χ0v) is 13.0. The molecule has 2 aliphatic heterocycles. The van der Waals surface area contributed by atoms with Gasteiger partial charge in [-0.3, -0.25) is 0 Å². The first kappa shape index (κ1) is 15.8. The van der Waals surface area contributed by atoms with Crippen molar-refractivity contribution in [3.05, 3.63) is 34.9 Å². The van der Waals surface area contributed by atoms with Crippen LogP contribution in [0.4, 0.5) is 8.78 Å². The van der Waals surface area contributed by atoms with Crippen molar-refractivity contribution >= 4 is 0 Å². The van der Waals surface area contributed by atoms with Crippen LogP contribution in [0.25, 0.3) is 0 Å². The van der Waals surface area contributed by atoms with E-state index in [9.17, 15) is 8.78 Å². The Balaban J connectivity index is 1.60. The molecule has 2 heterocycles. The topological polar surface area (TPSA) is 27.7 Å². The monoisotopic (exact) mass is 312 g/mol. The fourth-order valence-corrected chi connectivity index (χ4v) is 3.07. The van der Waals surface area contributed by atoms with Crippen molar-refractivity contribution in [2.45, 2.75) is 39.1 Å². The predicted octanol–water partition coefficient (Wildman–Crippen LogP) is 3.75. The van der Waals surface area contributed by atoms with E-state index in [2.05, 4.69) is 6.92 Å². The van der Waals surface area contributed by atoms with Crippen LogP contribution >= 0.6 is 0 Å². The molecule has 5 heteroatoms. The third-order valence-corrected chi connectivity index (χ3v) is 4.39. The van der Waals surface area contributed by atoms with Crippen LogP contribution in [0.15, 0.2) is 12.1 Å². The second-order valence-corrected chi connectivity index (χ2v) is 6.43. The summed E-state index contributed by atoms with van der Waals surface area (Å²) in [7, 11) is 0. The maximum Gasteiger partial charge on any atom is 0.162 e. The standard InChI is InChI=1S/C17H22F2O3/c1-10-7-21-17(22-8-10)12-3-4-15(20-9-12)13-5-11(2)16(19)14(18)6-13/h5-6,10,12,15,17H,3-4,7-9H2,1-2H3. The van der Waals surface area contributed by atoms with Gasteiger partial charge in [-0.2, -0.15) is 0 Å². The number of aryl methyl sites for hydroxylation is 1. The van der Waals surface area contributed by atoms with E-state index in [0.29, 0.717) is 36.9 Å². The van der Waals surface area contributed by atoms with Gasteiger partial charge in [0.25, 0.3) is 0 Å². The molecule has 3 nitrogen and oxygen atoms in total. The Bertz CT molecular complexity index is 496. The van der Waals surface area contributed by atoms with Crippen LogP contribution in [0, 0.1) is 30.4 Å². The van der Waals surface area contributed by atoms with Crippen molar-refractivity contribution in [2.24, 2.45) is 11.8 Å². The van der Waals surface area contributed by atoms with Crippen molar-refractivity contribution < 1.29 is 23.0 Å². The normalized spacial score (nSPS) is 32.9. The summed E-state index contributed by atoms with van der Waals surface area (Å²) in [5.74, 6) is -0.960. The largest absolute Gasteiger partial charge is 0.373 e. The summed E-state index contributed by atoms with van der Waals surface area (Å²) in [5, 5.41) is 0. The molecular weight excluding hydrogens is 290 g/mol. The molecule has 3 rings (SSSR count). The molecule has 1 aromatic carbocycles. The van der Waals surface area contributed by atoms with Gasteiger partial charge in [0.2, 0.25) is 0 Å². The third-order valence-electron chi connectivity index (χ3n) is 4.39. The Labute approximate surface area is 129 Å². The van der Waals surface area contributed by atoms with Crippen molar-refractivity contribution in [3.8, 4) is 0 Å². The molecule has 0 aliphatic carbocycles. The zero-order chi connectivity index (χ0) is 15.7. The maximum absolute atomic E-state index is 13.5. The zero-order valence-electron chi connectivity index (χ0n) is 13.0. The molecule has 0 spiro atoms. The first-order valence-corrected chi connectivity index (χ1v) is 7.85. The van der Waals surface area contributed by atoms with Gasteiger partial charge in [0.1, 0.15) is 0 Å². The van der Waals surface area contributed by atoms with Gasteiger partial charge in [-0.25, -0.2) is 8.78 Å². The third kappa shape index (κ3) is 3.31. The molecule has 2 unspecified atom stereocenters. The van der Waals surface area contributed by atoms with Gasteiger partial charge in [-0.1, -0.05) is 13.0 Å². The molecule has 1 aromatic rings. The molecule has 2 aliphatic rings. The highest BCUT2D eigenvalue weighted by Crippen LogP contribution is 2.35. The highest BCUT2D eigenvalue weighted by atomic mass is 19.2. The average molecular weight is 312 g/mol. The molecule has 0 radical (unpaired) electrons. The summed E-state index contributed by atoms with van der Waals surface area (Å²) in [6, 6.07) is 2.90. The highest BCUT2D eigenvalue weighted by molar-refractivity contribution is 5.27. The molecule has 0 bridgehead atoms. The van der Waals surface area contributed by atoms with Crippen molar-refractivity contribution in [2.75, 3.05) is 19.8 Å². The molecule has 0 saturated carbocycles. The Morgan fingerprint density at radius 1 is 1.00 bits per heavy atom. The molecule has 122 valence electrons. The van der Waals surface area contributed by atoms with Gasteiger partial charge < -0.3 is 14.2 Å². The minimum Gasteiger partial charge on any atom is -0.373 e. The van der Waals surface area contributed by atoms with E-state index in [-0.39, 0.29) is 18.3 Å². The van der Waals surface area contributed by atoms with Gasteiger partial charge in [-0.15, -0.1) is 0 Å². The van der Waals surface area contributed by atoms with Crippen LogP contribution in [-0.2, 0) is 14.2 Å². The van der Waals surface area contributed by atoms with E-state index in [1.807, 2.05) is 0 Å². The van der Waals surface area contributed by atoms with Crippen molar-refractivity contribution in [1.29, 1.82) is 0 Å². The molecule has 2 atom stereocenters. The van der Waals surface area contributed by atoms with Crippen LogP contribution in [-0.4, -0.2) is 26.1 Å². The van der Waals surface area contributed by atoms with E-state index >= 15 is 0 Å². The highest BCUT2D eigenvalue weighted by Gasteiger charge is 2.33. The van der Waals surface area contributed by atoms with Crippen molar-refractivity contribution in [1.82, 2.24) is 0 Å². The number of benzene rings is 1. The molecular formula is C17H22F2O3. The van der Waals surface area contributed by atoms with Crippen LogP contribution in [0.2, 0.25) is 0 Å². The quantitative estimate of drug-likeness (QED) is 0.832. The summed E-state index contributed by atoms with van der Waals surface area (Å²) in [6.45, 7) is 5.61. The van der Waals surface area contributed by atoms with Gasteiger partial charge in [0.05, 0.1) is 25.9 Å². The SMILES string of the molecule is Cc1cc(C2CCC(C3OCC(C)CO3)CO2)cc(F)c1F. The van der Waals surface area contributed by atoms with Crippen LogP contribution in [0.1, 0.15) is 37.0 Å². The van der Waals surface area contributed by atoms with Crippen molar-refractivity contribution in [3.63, 3.8) is 0 Å². The number of hydrogen-bond acceptors (Lipinski definition) is 3. The number of ether oxygens (including phenoxy) is 3. The average Bonchev–Trinajstić information content (AvgIpc) is 2.53.